The number of aromatic nitrogens is 2. The summed E-state index contributed by atoms with van der Waals surface area (Å²) in [5, 5.41) is 3.48. The highest BCUT2D eigenvalue weighted by Gasteiger charge is 2.47. The van der Waals surface area contributed by atoms with Gasteiger partial charge in [-0.25, -0.2) is 9.97 Å². The molecular formula is C20H29N5O. The fourth-order valence-corrected chi connectivity index (χ4v) is 4.88. The smallest absolute Gasteiger partial charge is 0.225 e. The lowest BCUT2D eigenvalue weighted by molar-refractivity contribution is -0.128. The second kappa shape index (κ2) is 6.56. The molecule has 0 spiro atoms. The predicted octanol–water partition coefficient (Wildman–Crippen LogP) is 3.07. The highest BCUT2D eigenvalue weighted by atomic mass is 16.1. The minimum atomic E-state index is -0.388. The monoisotopic (exact) mass is 355 g/mol. The Morgan fingerprint density at radius 3 is 2.54 bits per heavy atom. The fraction of sp³-hybridized carbons (Fsp3) is 0.650. The zero-order valence-electron chi connectivity index (χ0n) is 15.8. The number of fused-ring (bicyclic) bond motifs is 2. The number of carbonyl (C=O) groups excluding carboxylic acids is 1. The van der Waals surface area contributed by atoms with Crippen LogP contribution in [0.15, 0.2) is 23.7 Å². The van der Waals surface area contributed by atoms with E-state index in [1.54, 1.807) is 0 Å². The number of piperidine rings is 1. The second-order valence-corrected chi connectivity index (χ2v) is 8.66. The van der Waals surface area contributed by atoms with Crippen LogP contribution in [0.3, 0.4) is 0 Å². The van der Waals surface area contributed by atoms with E-state index < -0.39 is 0 Å². The number of nitrogens with one attached hydrogen (secondary N) is 1. The fourth-order valence-electron chi connectivity index (χ4n) is 4.88. The lowest BCUT2D eigenvalue weighted by atomic mass is 9.71. The number of nitrogens with two attached hydrogens (primary N) is 1. The Balaban J connectivity index is 1.46. The summed E-state index contributed by atoms with van der Waals surface area (Å²) in [6.07, 6.45) is 9.57. The average Bonchev–Trinajstić information content (AvgIpc) is 2.88. The summed E-state index contributed by atoms with van der Waals surface area (Å²) in [5.74, 6) is 1.95. The first kappa shape index (κ1) is 17.3. The van der Waals surface area contributed by atoms with Gasteiger partial charge in [0.1, 0.15) is 0 Å². The number of amides is 1. The molecule has 1 aliphatic heterocycles. The number of nitrogens with zero attached hydrogens (tertiary/aromatic N) is 3. The van der Waals surface area contributed by atoms with Gasteiger partial charge in [-0.1, -0.05) is 13.8 Å². The SMILES string of the molecule is CC1CCN(c2ncc(NC3=C4CC(C)CC(C(N)=O)(C4)C3)cn2)CC1. The second-order valence-electron chi connectivity index (χ2n) is 8.66. The Hall–Kier alpha value is -2.11. The Labute approximate surface area is 155 Å². The molecular weight excluding hydrogens is 326 g/mol. The van der Waals surface area contributed by atoms with E-state index in [9.17, 15) is 4.79 Å². The molecule has 2 unspecified atom stereocenters. The number of carbonyl (C=O) groups is 1. The highest BCUT2D eigenvalue weighted by Crippen LogP contribution is 2.52. The summed E-state index contributed by atoms with van der Waals surface area (Å²) in [6, 6.07) is 0. The molecule has 1 saturated carbocycles. The first-order valence-electron chi connectivity index (χ1n) is 9.80. The van der Waals surface area contributed by atoms with Gasteiger partial charge in [0.25, 0.3) is 0 Å². The van der Waals surface area contributed by atoms with Crippen LogP contribution in [0.1, 0.15) is 52.4 Å². The minimum Gasteiger partial charge on any atom is -0.369 e. The van der Waals surface area contributed by atoms with Crippen molar-refractivity contribution in [1.29, 1.82) is 0 Å². The Morgan fingerprint density at radius 1 is 1.19 bits per heavy atom. The van der Waals surface area contributed by atoms with Crippen LogP contribution < -0.4 is 16.0 Å². The number of rotatable bonds is 4. The van der Waals surface area contributed by atoms with Crippen LogP contribution in [0.2, 0.25) is 0 Å². The van der Waals surface area contributed by atoms with Gasteiger partial charge in [-0.2, -0.15) is 0 Å². The van der Waals surface area contributed by atoms with Crippen LogP contribution in [-0.4, -0.2) is 29.0 Å². The average molecular weight is 355 g/mol. The summed E-state index contributed by atoms with van der Waals surface area (Å²) in [6.45, 7) is 6.57. The molecule has 1 saturated heterocycles. The number of primary amides is 1. The van der Waals surface area contributed by atoms with Crippen molar-refractivity contribution in [2.45, 2.75) is 52.4 Å². The molecule has 4 rings (SSSR count). The van der Waals surface area contributed by atoms with Gasteiger partial charge >= 0.3 is 0 Å². The van der Waals surface area contributed by atoms with Gasteiger partial charge in [0, 0.05) is 25.2 Å². The summed E-state index contributed by atoms with van der Waals surface area (Å²) in [7, 11) is 0. The maximum atomic E-state index is 12.1. The zero-order chi connectivity index (χ0) is 18.3. The molecule has 2 bridgehead atoms. The Bertz CT molecular complexity index is 720. The van der Waals surface area contributed by atoms with Crippen LogP contribution >= 0.6 is 0 Å². The van der Waals surface area contributed by atoms with Gasteiger partial charge in [-0.15, -0.1) is 0 Å². The van der Waals surface area contributed by atoms with Gasteiger partial charge in [0.05, 0.1) is 23.5 Å². The quantitative estimate of drug-likeness (QED) is 0.867. The normalized spacial score (nSPS) is 29.2. The van der Waals surface area contributed by atoms with Crippen molar-refractivity contribution in [3.63, 3.8) is 0 Å². The van der Waals surface area contributed by atoms with Crippen molar-refractivity contribution < 1.29 is 4.79 Å². The van der Waals surface area contributed by atoms with Gasteiger partial charge in [-0.05, 0) is 49.5 Å². The van der Waals surface area contributed by atoms with Crippen molar-refractivity contribution in [3.05, 3.63) is 23.7 Å². The maximum Gasteiger partial charge on any atom is 0.225 e. The molecule has 6 nitrogen and oxygen atoms in total. The van der Waals surface area contributed by atoms with Gasteiger partial charge in [0.15, 0.2) is 0 Å². The van der Waals surface area contributed by atoms with Crippen LogP contribution in [0.5, 0.6) is 0 Å². The van der Waals surface area contributed by atoms with Crippen LogP contribution in [0, 0.1) is 17.3 Å². The molecule has 2 heterocycles. The molecule has 0 radical (unpaired) electrons. The van der Waals surface area contributed by atoms with E-state index in [1.807, 2.05) is 12.4 Å². The summed E-state index contributed by atoms with van der Waals surface area (Å²) >= 11 is 0. The third-order valence-corrected chi connectivity index (χ3v) is 6.35. The van der Waals surface area contributed by atoms with Crippen molar-refractivity contribution in [3.8, 4) is 0 Å². The molecule has 3 N–H and O–H groups in total. The number of hydrogen-bond donors (Lipinski definition) is 2. The van der Waals surface area contributed by atoms with E-state index >= 15 is 0 Å². The first-order valence-corrected chi connectivity index (χ1v) is 9.80. The van der Waals surface area contributed by atoms with E-state index in [-0.39, 0.29) is 11.3 Å². The standard InChI is InChI=1S/C20H29N5O/c1-13-3-5-25(6-4-13)19-22-11-16(12-23-19)24-17-10-20(18(21)26)8-14(2)7-15(17)9-20/h11-14,24H,3-10H2,1-2H3,(H2,21,26). The lowest BCUT2D eigenvalue weighted by Gasteiger charge is -2.32. The third kappa shape index (κ3) is 3.17. The molecule has 6 heteroatoms. The maximum absolute atomic E-state index is 12.1. The summed E-state index contributed by atoms with van der Waals surface area (Å²) in [5.41, 5.74) is 8.74. The zero-order valence-corrected chi connectivity index (χ0v) is 15.8. The van der Waals surface area contributed by atoms with Gasteiger partial charge in [-0.3, -0.25) is 4.79 Å². The Kier molecular flexibility index (Phi) is 4.37. The molecule has 2 aliphatic carbocycles. The molecule has 2 atom stereocenters. The molecule has 1 aromatic rings. The predicted molar refractivity (Wildman–Crippen MR) is 103 cm³/mol. The molecule has 26 heavy (non-hydrogen) atoms. The summed E-state index contributed by atoms with van der Waals surface area (Å²) < 4.78 is 0. The molecule has 140 valence electrons. The molecule has 3 aliphatic rings. The Morgan fingerprint density at radius 2 is 1.88 bits per heavy atom. The molecule has 2 fully saturated rings. The van der Waals surface area contributed by atoms with Crippen LogP contribution in [0.25, 0.3) is 0 Å². The van der Waals surface area contributed by atoms with Crippen molar-refractivity contribution >= 4 is 17.5 Å². The number of allylic oxidation sites excluding steroid dienone is 2. The van der Waals surface area contributed by atoms with E-state index in [0.29, 0.717) is 12.3 Å². The van der Waals surface area contributed by atoms with E-state index in [1.165, 1.54) is 18.4 Å². The first-order chi connectivity index (χ1) is 12.4. The lowest BCUT2D eigenvalue weighted by Crippen LogP contribution is -2.38. The van der Waals surface area contributed by atoms with E-state index in [2.05, 4.69) is 34.0 Å². The molecule has 1 amide bonds. The third-order valence-electron chi connectivity index (χ3n) is 6.35. The van der Waals surface area contributed by atoms with Crippen LogP contribution in [0.4, 0.5) is 11.6 Å². The number of hydrogen-bond acceptors (Lipinski definition) is 5. The van der Waals surface area contributed by atoms with Crippen molar-refractivity contribution in [2.75, 3.05) is 23.3 Å². The van der Waals surface area contributed by atoms with Crippen LogP contribution in [-0.2, 0) is 4.79 Å². The van der Waals surface area contributed by atoms with Gasteiger partial charge < -0.3 is 16.0 Å². The number of anilines is 2. The molecule has 0 aromatic carbocycles. The molecule has 1 aromatic heterocycles. The van der Waals surface area contributed by atoms with Gasteiger partial charge in [0.2, 0.25) is 11.9 Å². The highest BCUT2D eigenvalue weighted by molar-refractivity contribution is 5.83. The van der Waals surface area contributed by atoms with E-state index in [0.717, 1.165) is 55.6 Å². The van der Waals surface area contributed by atoms with Crippen molar-refractivity contribution in [2.24, 2.45) is 23.0 Å². The topological polar surface area (TPSA) is 84.1 Å². The summed E-state index contributed by atoms with van der Waals surface area (Å²) in [4.78, 5) is 23.4. The van der Waals surface area contributed by atoms with E-state index in [4.69, 9.17) is 5.73 Å². The minimum absolute atomic E-state index is 0.163. The largest absolute Gasteiger partial charge is 0.369 e. The van der Waals surface area contributed by atoms with Crippen molar-refractivity contribution in [1.82, 2.24) is 9.97 Å².